The highest BCUT2D eigenvalue weighted by Gasteiger charge is 2.16. The monoisotopic (exact) mass is 374 g/mol. The van der Waals surface area contributed by atoms with Crippen molar-refractivity contribution in [1.29, 1.82) is 0 Å². The molecule has 0 saturated heterocycles. The van der Waals surface area contributed by atoms with Crippen molar-refractivity contribution in [3.63, 3.8) is 0 Å². The standard InChI is InChI=1S/C20H23ClN2O3/c1-13(2)14(3)22-19(24)12-26-18-10-9-15(21)11-17(18)20(25)23-16-7-5-4-6-8-16/h4-11,13-14H,12H2,1-3H3,(H,22,24)(H,23,25)/t14-/m0/s1. The molecule has 5 nitrogen and oxygen atoms in total. The third-order valence-electron chi connectivity index (χ3n) is 3.97. The zero-order chi connectivity index (χ0) is 19.1. The van der Waals surface area contributed by atoms with Crippen molar-refractivity contribution in [3.8, 4) is 5.75 Å². The predicted molar refractivity (Wildman–Crippen MR) is 104 cm³/mol. The summed E-state index contributed by atoms with van der Waals surface area (Å²) < 4.78 is 5.56. The molecule has 0 radical (unpaired) electrons. The van der Waals surface area contributed by atoms with Gasteiger partial charge in [0.05, 0.1) is 5.56 Å². The number of ether oxygens (including phenoxy) is 1. The molecule has 0 aromatic heterocycles. The highest BCUT2D eigenvalue weighted by atomic mass is 35.5. The van der Waals surface area contributed by atoms with Gasteiger partial charge in [-0.15, -0.1) is 0 Å². The number of hydrogen-bond acceptors (Lipinski definition) is 3. The van der Waals surface area contributed by atoms with Crippen molar-refractivity contribution in [2.45, 2.75) is 26.8 Å². The summed E-state index contributed by atoms with van der Waals surface area (Å²) in [6.07, 6.45) is 0. The number of benzene rings is 2. The molecule has 0 spiro atoms. The molecule has 0 saturated carbocycles. The van der Waals surface area contributed by atoms with Crippen LogP contribution in [0.4, 0.5) is 5.69 Å². The SMILES string of the molecule is CC(C)[C@H](C)NC(=O)COc1ccc(Cl)cc1C(=O)Nc1ccccc1. The van der Waals surface area contributed by atoms with Gasteiger partial charge in [0.1, 0.15) is 5.75 Å². The van der Waals surface area contributed by atoms with Crippen LogP contribution in [0.1, 0.15) is 31.1 Å². The summed E-state index contributed by atoms with van der Waals surface area (Å²) in [5, 5.41) is 6.05. The van der Waals surface area contributed by atoms with Crippen molar-refractivity contribution in [3.05, 3.63) is 59.1 Å². The Kier molecular flexibility index (Phi) is 7.04. The third kappa shape index (κ3) is 5.77. The van der Waals surface area contributed by atoms with Gasteiger partial charge in [0.25, 0.3) is 11.8 Å². The minimum atomic E-state index is -0.357. The molecule has 2 rings (SSSR count). The Balaban J connectivity index is 2.07. The molecule has 2 aromatic rings. The molecular formula is C20H23ClN2O3. The van der Waals surface area contributed by atoms with Gasteiger partial charge in [0, 0.05) is 16.8 Å². The molecule has 2 N–H and O–H groups in total. The van der Waals surface area contributed by atoms with E-state index in [9.17, 15) is 9.59 Å². The molecule has 1 atom stereocenters. The topological polar surface area (TPSA) is 67.4 Å². The number of anilines is 1. The van der Waals surface area contributed by atoms with Gasteiger partial charge in [0.15, 0.2) is 6.61 Å². The summed E-state index contributed by atoms with van der Waals surface area (Å²) in [4.78, 5) is 24.6. The lowest BCUT2D eigenvalue weighted by Gasteiger charge is -2.18. The van der Waals surface area contributed by atoms with E-state index in [4.69, 9.17) is 16.3 Å². The van der Waals surface area contributed by atoms with Gasteiger partial charge in [-0.2, -0.15) is 0 Å². The van der Waals surface area contributed by atoms with Crippen LogP contribution in [0.2, 0.25) is 5.02 Å². The molecule has 0 bridgehead atoms. The highest BCUT2D eigenvalue weighted by Crippen LogP contribution is 2.24. The van der Waals surface area contributed by atoms with E-state index in [1.54, 1.807) is 24.3 Å². The Labute approximate surface area is 158 Å². The molecule has 0 fully saturated rings. The van der Waals surface area contributed by atoms with Crippen LogP contribution in [-0.2, 0) is 4.79 Å². The smallest absolute Gasteiger partial charge is 0.259 e. The largest absolute Gasteiger partial charge is 0.483 e. The summed E-state index contributed by atoms with van der Waals surface area (Å²) in [6, 6.07) is 13.8. The van der Waals surface area contributed by atoms with Crippen LogP contribution in [0.5, 0.6) is 5.75 Å². The second-order valence-electron chi connectivity index (χ2n) is 6.35. The van der Waals surface area contributed by atoms with E-state index in [0.29, 0.717) is 22.4 Å². The van der Waals surface area contributed by atoms with Gasteiger partial charge in [-0.1, -0.05) is 43.6 Å². The van der Waals surface area contributed by atoms with Gasteiger partial charge in [-0.25, -0.2) is 0 Å². The number of hydrogen-bond donors (Lipinski definition) is 2. The molecule has 0 aliphatic heterocycles. The van der Waals surface area contributed by atoms with E-state index in [2.05, 4.69) is 10.6 Å². The third-order valence-corrected chi connectivity index (χ3v) is 4.20. The molecule has 0 unspecified atom stereocenters. The summed E-state index contributed by atoms with van der Waals surface area (Å²) in [7, 11) is 0. The fraction of sp³-hybridized carbons (Fsp3) is 0.300. The number of para-hydroxylation sites is 1. The fourth-order valence-electron chi connectivity index (χ4n) is 2.13. The number of halogens is 1. The number of rotatable bonds is 7. The highest BCUT2D eigenvalue weighted by molar-refractivity contribution is 6.31. The van der Waals surface area contributed by atoms with Gasteiger partial charge >= 0.3 is 0 Å². The summed E-state index contributed by atoms with van der Waals surface area (Å²) in [6.45, 7) is 5.81. The van der Waals surface area contributed by atoms with Gasteiger partial charge in [-0.05, 0) is 43.2 Å². The van der Waals surface area contributed by atoms with E-state index in [1.807, 2.05) is 39.0 Å². The average molecular weight is 375 g/mol. The van der Waals surface area contributed by atoms with Crippen LogP contribution >= 0.6 is 11.6 Å². The van der Waals surface area contributed by atoms with Crippen LogP contribution in [0.15, 0.2) is 48.5 Å². The zero-order valence-electron chi connectivity index (χ0n) is 15.1. The van der Waals surface area contributed by atoms with Crippen molar-refractivity contribution in [1.82, 2.24) is 5.32 Å². The minimum absolute atomic E-state index is 0.0390. The normalized spacial score (nSPS) is 11.7. The summed E-state index contributed by atoms with van der Waals surface area (Å²) >= 11 is 6.02. The first-order valence-electron chi connectivity index (χ1n) is 8.45. The summed E-state index contributed by atoms with van der Waals surface area (Å²) in [5.41, 5.74) is 0.929. The first kappa shape index (κ1) is 19.8. The van der Waals surface area contributed by atoms with Gasteiger partial charge in [0.2, 0.25) is 0 Å². The van der Waals surface area contributed by atoms with Crippen molar-refractivity contribution < 1.29 is 14.3 Å². The maximum Gasteiger partial charge on any atom is 0.259 e. The zero-order valence-corrected chi connectivity index (χ0v) is 15.8. The quantitative estimate of drug-likeness (QED) is 0.765. The number of carbonyl (C=O) groups is 2. The Morgan fingerprint density at radius 2 is 1.77 bits per heavy atom. The molecular weight excluding hydrogens is 352 g/mol. The van der Waals surface area contributed by atoms with E-state index < -0.39 is 0 Å². The number of nitrogens with one attached hydrogen (secondary N) is 2. The number of amides is 2. The van der Waals surface area contributed by atoms with Crippen LogP contribution in [-0.4, -0.2) is 24.5 Å². The summed E-state index contributed by atoms with van der Waals surface area (Å²) in [5.74, 6) is 0.0251. The second-order valence-corrected chi connectivity index (χ2v) is 6.79. The van der Waals surface area contributed by atoms with Crippen molar-refractivity contribution >= 4 is 29.1 Å². The lowest BCUT2D eigenvalue weighted by atomic mass is 10.1. The van der Waals surface area contributed by atoms with Crippen LogP contribution in [0.3, 0.4) is 0 Å². The molecule has 2 aromatic carbocycles. The molecule has 26 heavy (non-hydrogen) atoms. The Morgan fingerprint density at radius 3 is 2.42 bits per heavy atom. The van der Waals surface area contributed by atoms with E-state index in [1.165, 1.54) is 6.07 Å². The second kappa shape index (κ2) is 9.25. The van der Waals surface area contributed by atoms with E-state index >= 15 is 0 Å². The van der Waals surface area contributed by atoms with Gasteiger partial charge < -0.3 is 15.4 Å². The Hall–Kier alpha value is -2.53. The van der Waals surface area contributed by atoms with E-state index in [-0.39, 0.29) is 30.0 Å². The minimum Gasteiger partial charge on any atom is -0.483 e. The molecule has 0 heterocycles. The predicted octanol–water partition coefficient (Wildman–Crippen LogP) is 4.13. The van der Waals surface area contributed by atoms with Crippen molar-refractivity contribution in [2.75, 3.05) is 11.9 Å². The van der Waals surface area contributed by atoms with E-state index in [0.717, 1.165) is 0 Å². The molecule has 2 amide bonds. The van der Waals surface area contributed by atoms with Gasteiger partial charge in [-0.3, -0.25) is 9.59 Å². The maximum atomic E-state index is 12.5. The lowest BCUT2D eigenvalue weighted by Crippen LogP contribution is -2.39. The lowest BCUT2D eigenvalue weighted by molar-refractivity contribution is -0.124. The molecule has 138 valence electrons. The first-order chi connectivity index (χ1) is 12.4. The van der Waals surface area contributed by atoms with Crippen LogP contribution in [0, 0.1) is 5.92 Å². The van der Waals surface area contributed by atoms with Crippen molar-refractivity contribution in [2.24, 2.45) is 5.92 Å². The number of carbonyl (C=O) groups excluding carboxylic acids is 2. The molecule has 0 aliphatic carbocycles. The van der Waals surface area contributed by atoms with Crippen LogP contribution in [0.25, 0.3) is 0 Å². The Bertz CT molecular complexity index is 763. The average Bonchev–Trinajstić information content (AvgIpc) is 2.61. The molecule has 6 heteroatoms. The fourth-order valence-corrected chi connectivity index (χ4v) is 2.30. The Morgan fingerprint density at radius 1 is 1.08 bits per heavy atom. The molecule has 0 aliphatic rings. The van der Waals surface area contributed by atoms with Crippen LogP contribution < -0.4 is 15.4 Å². The first-order valence-corrected chi connectivity index (χ1v) is 8.82. The maximum absolute atomic E-state index is 12.5.